The van der Waals surface area contributed by atoms with E-state index in [1.807, 2.05) is 72.6 Å². The number of hydrogen-bond acceptors (Lipinski definition) is 5. The number of rotatable bonds is 6. The first-order chi connectivity index (χ1) is 12.7. The zero-order valence-corrected chi connectivity index (χ0v) is 14.9. The Morgan fingerprint density at radius 3 is 2.35 bits per heavy atom. The molecule has 0 saturated heterocycles. The van der Waals surface area contributed by atoms with Crippen molar-refractivity contribution in [2.24, 2.45) is 0 Å². The van der Waals surface area contributed by atoms with Crippen molar-refractivity contribution in [3.63, 3.8) is 0 Å². The number of ether oxygens (including phenoxy) is 1. The highest BCUT2D eigenvalue weighted by atomic mass is 16.5. The van der Waals surface area contributed by atoms with Crippen LogP contribution in [0.5, 0.6) is 0 Å². The third kappa shape index (κ3) is 4.06. The molecule has 132 valence electrons. The fourth-order valence-corrected chi connectivity index (χ4v) is 2.68. The molecule has 0 N–H and O–H groups in total. The van der Waals surface area contributed by atoms with Crippen LogP contribution in [0.15, 0.2) is 66.9 Å². The van der Waals surface area contributed by atoms with Gasteiger partial charge in [-0.2, -0.15) is 0 Å². The summed E-state index contributed by atoms with van der Waals surface area (Å²) in [6.45, 7) is 2.71. The van der Waals surface area contributed by atoms with Gasteiger partial charge in [0.05, 0.1) is 6.61 Å². The molecule has 0 radical (unpaired) electrons. The average molecular weight is 347 g/mol. The molecule has 0 unspecified atom stereocenters. The summed E-state index contributed by atoms with van der Waals surface area (Å²) in [5.74, 6) is 0.719. The molecular formula is C21H21N3O2. The Labute approximate surface area is 153 Å². The highest BCUT2D eigenvalue weighted by molar-refractivity contribution is 5.94. The molecule has 3 rings (SSSR count). The van der Waals surface area contributed by atoms with Gasteiger partial charge in [0, 0.05) is 25.4 Å². The molecule has 0 spiro atoms. The third-order valence-corrected chi connectivity index (χ3v) is 3.92. The summed E-state index contributed by atoms with van der Waals surface area (Å²) >= 11 is 0. The maximum Gasteiger partial charge on any atom is 0.343 e. The number of nitrogens with zero attached hydrogens (tertiary/aromatic N) is 3. The van der Waals surface area contributed by atoms with Gasteiger partial charge in [-0.15, -0.1) is 0 Å². The van der Waals surface area contributed by atoms with E-state index in [2.05, 4.69) is 9.97 Å². The molecule has 3 aromatic rings. The lowest BCUT2D eigenvalue weighted by atomic mass is 10.2. The molecule has 5 heteroatoms. The first kappa shape index (κ1) is 17.6. The van der Waals surface area contributed by atoms with Crippen molar-refractivity contribution < 1.29 is 9.53 Å². The lowest BCUT2D eigenvalue weighted by Crippen LogP contribution is -2.22. The molecule has 26 heavy (non-hydrogen) atoms. The lowest BCUT2D eigenvalue weighted by molar-refractivity contribution is 0.0526. The van der Waals surface area contributed by atoms with Crippen LogP contribution in [0.4, 0.5) is 5.82 Å². The van der Waals surface area contributed by atoms with Crippen molar-refractivity contribution in [2.45, 2.75) is 13.5 Å². The largest absolute Gasteiger partial charge is 0.462 e. The van der Waals surface area contributed by atoms with Crippen LogP contribution in [-0.4, -0.2) is 29.6 Å². The minimum atomic E-state index is -0.415. The predicted octanol–water partition coefficient (Wildman–Crippen LogP) is 3.96. The van der Waals surface area contributed by atoms with E-state index >= 15 is 0 Å². The highest BCUT2D eigenvalue weighted by Crippen LogP contribution is 2.23. The minimum Gasteiger partial charge on any atom is -0.462 e. The maximum atomic E-state index is 12.3. The third-order valence-electron chi connectivity index (χ3n) is 3.92. The second-order valence-corrected chi connectivity index (χ2v) is 5.86. The van der Waals surface area contributed by atoms with Crippen LogP contribution in [0.3, 0.4) is 0 Å². The Balaban J connectivity index is 1.99. The molecule has 0 aliphatic heterocycles. The minimum absolute atomic E-state index is 0.307. The molecule has 2 aromatic carbocycles. The topological polar surface area (TPSA) is 55.3 Å². The van der Waals surface area contributed by atoms with Gasteiger partial charge in [-0.05, 0) is 12.5 Å². The highest BCUT2D eigenvalue weighted by Gasteiger charge is 2.19. The monoisotopic (exact) mass is 347 g/mol. The zero-order valence-electron chi connectivity index (χ0n) is 14.9. The van der Waals surface area contributed by atoms with Crippen molar-refractivity contribution in [3.05, 3.63) is 78.0 Å². The van der Waals surface area contributed by atoms with Crippen molar-refractivity contribution in [1.82, 2.24) is 9.97 Å². The Hall–Kier alpha value is -3.21. The van der Waals surface area contributed by atoms with Gasteiger partial charge >= 0.3 is 5.97 Å². The lowest BCUT2D eigenvalue weighted by Gasteiger charge is -2.21. The Morgan fingerprint density at radius 1 is 1.04 bits per heavy atom. The van der Waals surface area contributed by atoms with Crippen LogP contribution in [0, 0.1) is 0 Å². The Kier molecular flexibility index (Phi) is 5.59. The van der Waals surface area contributed by atoms with Crippen LogP contribution in [0.1, 0.15) is 22.8 Å². The van der Waals surface area contributed by atoms with E-state index in [0.717, 1.165) is 11.1 Å². The van der Waals surface area contributed by atoms with E-state index in [1.165, 1.54) is 0 Å². The zero-order chi connectivity index (χ0) is 18.4. The van der Waals surface area contributed by atoms with Crippen molar-refractivity contribution >= 4 is 11.8 Å². The smallest absolute Gasteiger partial charge is 0.343 e. The first-order valence-electron chi connectivity index (χ1n) is 8.53. The van der Waals surface area contributed by atoms with Crippen molar-refractivity contribution in [2.75, 3.05) is 18.6 Å². The molecule has 1 aromatic heterocycles. The molecule has 0 atom stereocenters. The van der Waals surface area contributed by atoms with E-state index in [4.69, 9.17) is 4.74 Å². The van der Waals surface area contributed by atoms with Gasteiger partial charge in [0.25, 0.3) is 0 Å². The number of carbonyl (C=O) groups excluding carboxylic acids is 1. The summed E-state index contributed by atoms with van der Waals surface area (Å²) in [6.07, 6.45) is 1.55. The predicted molar refractivity (Wildman–Crippen MR) is 102 cm³/mol. The van der Waals surface area contributed by atoms with Gasteiger partial charge in [0.1, 0.15) is 11.4 Å². The van der Waals surface area contributed by atoms with Crippen LogP contribution in [0.2, 0.25) is 0 Å². The van der Waals surface area contributed by atoms with Gasteiger partial charge in [-0.1, -0.05) is 60.7 Å². The second-order valence-electron chi connectivity index (χ2n) is 5.86. The second kappa shape index (κ2) is 8.25. The number of hydrogen-bond donors (Lipinski definition) is 0. The molecule has 0 aliphatic rings. The molecule has 0 fully saturated rings. The maximum absolute atomic E-state index is 12.3. The number of benzene rings is 2. The normalized spacial score (nSPS) is 10.4. The van der Waals surface area contributed by atoms with Gasteiger partial charge in [-0.3, -0.25) is 0 Å². The Morgan fingerprint density at radius 2 is 1.69 bits per heavy atom. The Bertz CT molecular complexity index is 867. The number of anilines is 1. The van der Waals surface area contributed by atoms with Gasteiger partial charge in [0.2, 0.25) is 0 Å². The van der Waals surface area contributed by atoms with Crippen LogP contribution in [0.25, 0.3) is 11.4 Å². The van der Waals surface area contributed by atoms with E-state index < -0.39 is 5.97 Å². The number of aromatic nitrogens is 2. The van der Waals surface area contributed by atoms with Crippen LogP contribution < -0.4 is 4.90 Å². The fraction of sp³-hybridized carbons (Fsp3) is 0.190. The standard InChI is InChI=1S/C21H21N3O2/c1-3-26-21(25)18-14-22-19(17-12-8-5-9-13-17)23-20(18)24(2)15-16-10-6-4-7-11-16/h4-14H,3,15H2,1-2H3. The van der Waals surface area contributed by atoms with Crippen molar-refractivity contribution in [1.29, 1.82) is 0 Å². The van der Waals surface area contributed by atoms with Crippen LogP contribution >= 0.6 is 0 Å². The van der Waals surface area contributed by atoms with E-state index in [0.29, 0.717) is 30.4 Å². The molecule has 0 saturated carbocycles. The summed E-state index contributed by atoms with van der Waals surface area (Å²) in [6, 6.07) is 19.7. The molecule has 0 amide bonds. The quantitative estimate of drug-likeness (QED) is 0.632. The van der Waals surface area contributed by atoms with E-state index in [9.17, 15) is 4.79 Å². The number of esters is 1. The summed E-state index contributed by atoms with van der Waals surface area (Å²) in [7, 11) is 1.91. The molecule has 1 heterocycles. The summed E-state index contributed by atoms with van der Waals surface area (Å²) in [5.41, 5.74) is 2.40. The molecular weight excluding hydrogens is 326 g/mol. The number of carbonyl (C=O) groups is 1. The van der Waals surface area contributed by atoms with Gasteiger partial charge in [-0.25, -0.2) is 14.8 Å². The summed E-state index contributed by atoms with van der Waals surface area (Å²) in [5, 5.41) is 0. The van der Waals surface area contributed by atoms with Gasteiger partial charge < -0.3 is 9.64 Å². The SMILES string of the molecule is CCOC(=O)c1cnc(-c2ccccc2)nc1N(C)Cc1ccccc1. The molecule has 0 bridgehead atoms. The van der Waals surface area contributed by atoms with Crippen molar-refractivity contribution in [3.8, 4) is 11.4 Å². The fourth-order valence-electron chi connectivity index (χ4n) is 2.68. The van der Waals surface area contributed by atoms with Crippen LogP contribution in [-0.2, 0) is 11.3 Å². The van der Waals surface area contributed by atoms with E-state index in [-0.39, 0.29) is 0 Å². The molecule has 5 nitrogen and oxygen atoms in total. The summed E-state index contributed by atoms with van der Waals surface area (Å²) < 4.78 is 5.17. The summed E-state index contributed by atoms with van der Waals surface area (Å²) in [4.78, 5) is 23.3. The molecule has 0 aliphatic carbocycles. The van der Waals surface area contributed by atoms with E-state index in [1.54, 1.807) is 13.1 Å². The van der Waals surface area contributed by atoms with Gasteiger partial charge in [0.15, 0.2) is 5.82 Å². The first-order valence-corrected chi connectivity index (χ1v) is 8.53. The average Bonchev–Trinajstić information content (AvgIpc) is 2.69.